The Morgan fingerprint density at radius 1 is 0.962 bits per heavy atom. The van der Waals surface area contributed by atoms with Gasteiger partial charge in [0.1, 0.15) is 5.82 Å². The molecule has 0 unspecified atom stereocenters. The highest BCUT2D eigenvalue weighted by atomic mass is 19.1. The first-order valence-corrected chi connectivity index (χ1v) is 9.78. The quantitative estimate of drug-likeness (QED) is 0.821. The molecule has 4 aliphatic carbocycles. The van der Waals surface area contributed by atoms with Crippen LogP contribution < -0.4 is 10.6 Å². The smallest absolute Gasteiger partial charge is 0.239 e. The predicted molar refractivity (Wildman–Crippen MR) is 96.5 cm³/mol. The molecule has 0 spiro atoms. The molecular weight excluding hydrogens is 331 g/mol. The van der Waals surface area contributed by atoms with Gasteiger partial charge >= 0.3 is 0 Å². The van der Waals surface area contributed by atoms with Gasteiger partial charge in [0.15, 0.2) is 0 Å². The second-order valence-corrected chi connectivity index (χ2v) is 8.74. The Bertz CT molecular complexity index is 668. The van der Waals surface area contributed by atoms with Crippen molar-refractivity contribution >= 4 is 11.8 Å². The van der Waals surface area contributed by atoms with Gasteiger partial charge in [0.05, 0.1) is 6.54 Å². The standard InChI is InChI=1S/C21H27FN2O2/c22-18-4-2-1-3-17(18)12-23-20(26)13-24-19(25)11-21-8-14-5-15(9-21)7-16(6-14)10-21/h1-4,14-16H,5-13H2,(H,23,26)(H,24,25). The molecule has 4 bridgehead atoms. The van der Waals surface area contributed by atoms with Crippen LogP contribution in [0, 0.1) is 29.0 Å². The number of benzene rings is 1. The summed E-state index contributed by atoms with van der Waals surface area (Å²) in [6.45, 7) is 0.0933. The van der Waals surface area contributed by atoms with E-state index in [2.05, 4.69) is 10.6 Å². The van der Waals surface area contributed by atoms with Crippen LogP contribution in [0.3, 0.4) is 0 Å². The van der Waals surface area contributed by atoms with Crippen LogP contribution in [0.4, 0.5) is 4.39 Å². The van der Waals surface area contributed by atoms with Crippen LogP contribution in [0.1, 0.15) is 50.5 Å². The third kappa shape index (κ3) is 3.76. The number of nitrogens with one attached hydrogen (secondary N) is 2. The third-order valence-corrected chi connectivity index (χ3v) is 6.58. The molecule has 5 heteroatoms. The molecule has 2 N–H and O–H groups in total. The summed E-state index contributed by atoms with van der Waals surface area (Å²) in [7, 11) is 0. The molecule has 0 aromatic heterocycles. The molecule has 2 amide bonds. The summed E-state index contributed by atoms with van der Waals surface area (Å²) < 4.78 is 13.5. The van der Waals surface area contributed by atoms with E-state index in [9.17, 15) is 14.0 Å². The third-order valence-electron chi connectivity index (χ3n) is 6.58. The largest absolute Gasteiger partial charge is 0.350 e. The van der Waals surface area contributed by atoms with Gasteiger partial charge in [-0.2, -0.15) is 0 Å². The number of amides is 2. The highest BCUT2D eigenvalue weighted by molar-refractivity contribution is 5.84. The molecule has 0 saturated heterocycles. The minimum absolute atomic E-state index is 0.0204. The van der Waals surface area contributed by atoms with Crippen LogP contribution in [-0.4, -0.2) is 18.4 Å². The normalized spacial score (nSPS) is 31.7. The van der Waals surface area contributed by atoms with Crippen LogP contribution >= 0.6 is 0 Å². The first-order chi connectivity index (χ1) is 12.5. The van der Waals surface area contributed by atoms with Crippen molar-refractivity contribution < 1.29 is 14.0 Å². The molecule has 4 nitrogen and oxygen atoms in total. The number of rotatable bonds is 6. The summed E-state index contributed by atoms with van der Waals surface area (Å²) in [6, 6.07) is 6.36. The van der Waals surface area contributed by atoms with Crippen LogP contribution in [0.5, 0.6) is 0 Å². The SMILES string of the molecule is O=C(CNC(=O)CC12CC3CC(CC(C3)C1)C2)NCc1ccccc1F. The van der Waals surface area contributed by atoms with Gasteiger partial charge in [0.25, 0.3) is 0 Å². The average Bonchev–Trinajstić information content (AvgIpc) is 2.57. The van der Waals surface area contributed by atoms with Crippen LogP contribution in [0.15, 0.2) is 24.3 Å². The van der Waals surface area contributed by atoms with Gasteiger partial charge in [0.2, 0.25) is 11.8 Å². The van der Waals surface area contributed by atoms with Crippen molar-refractivity contribution in [3.05, 3.63) is 35.6 Å². The van der Waals surface area contributed by atoms with E-state index in [4.69, 9.17) is 0 Å². The first-order valence-electron chi connectivity index (χ1n) is 9.78. The molecule has 0 radical (unpaired) electrons. The topological polar surface area (TPSA) is 58.2 Å². The molecule has 0 aliphatic heterocycles. The maximum absolute atomic E-state index is 13.5. The Labute approximate surface area is 153 Å². The fraction of sp³-hybridized carbons (Fsp3) is 0.619. The van der Waals surface area contributed by atoms with Gasteiger partial charge < -0.3 is 10.6 Å². The first kappa shape index (κ1) is 17.5. The second-order valence-electron chi connectivity index (χ2n) is 8.74. The Kier molecular flexibility index (Phi) is 4.72. The summed E-state index contributed by atoms with van der Waals surface area (Å²) in [4.78, 5) is 24.4. The lowest BCUT2D eigenvalue weighted by atomic mass is 9.49. The van der Waals surface area contributed by atoms with Crippen LogP contribution in [0.25, 0.3) is 0 Å². The van der Waals surface area contributed by atoms with Gasteiger partial charge in [-0.25, -0.2) is 4.39 Å². The molecule has 0 heterocycles. The van der Waals surface area contributed by atoms with E-state index in [1.54, 1.807) is 18.2 Å². The number of carbonyl (C=O) groups excluding carboxylic acids is 2. The average molecular weight is 358 g/mol. The number of hydrogen-bond donors (Lipinski definition) is 2. The van der Waals surface area contributed by atoms with E-state index in [-0.39, 0.29) is 36.1 Å². The van der Waals surface area contributed by atoms with E-state index < -0.39 is 0 Å². The van der Waals surface area contributed by atoms with Crippen molar-refractivity contribution in [2.24, 2.45) is 23.2 Å². The zero-order valence-electron chi connectivity index (χ0n) is 15.1. The van der Waals surface area contributed by atoms with Crippen LogP contribution in [0.2, 0.25) is 0 Å². The lowest BCUT2D eigenvalue weighted by Crippen LogP contribution is -2.48. The number of carbonyl (C=O) groups is 2. The van der Waals surface area contributed by atoms with E-state index in [1.165, 1.54) is 44.6 Å². The second kappa shape index (κ2) is 7.01. The number of hydrogen-bond acceptors (Lipinski definition) is 2. The maximum atomic E-state index is 13.5. The van der Waals surface area contributed by atoms with E-state index in [0.29, 0.717) is 12.0 Å². The molecule has 4 saturated carbocycles. The zero-order chi connectivity index (χ0) is 18.1. The molecule has 0 atom stereocenters. The number of halogens is 1. The molecule has 4 fully saturated rings. The van der Waals surface area contributed by atoms with E-state index in [0.717, 1.165) is 17.8 Å². The van der Waals surface area contributed by atoms with E-state index in [1.807, 2.05) is 0 Å². The Morgan fingerprint density at radius 3 is 2.19 bits per heavy atom. The van der Waals surface area contributed by atoms with Crippen molar-refractivity contribution in [3.63, 3.8) is 0 Å². The summed E-state index contributed by atoms with van der Waals surface area (Å²) in [6.07, 6.45) is 8.19. The highest BCUT2D eigenvalue weighted by Crippen LogP contribution is 2.61. The summed E-state index contributed by atoms with van der Waals surface area (Å²) >= 11 is 0. The summed E-state index contributed by atoms with van der Waals surface area (Å²) in [5, 5.41) is 5.42. The van der Waals surface area contributed by atoms with Gasteiger partial charge in [0, 0.05) is 18.5 Å². The van der Waals surface area contributed by atoms with Gasteiger partial charge in [-0.3, -0.25) is 9.59 Å². The molecule has 140 valence electrons. The van der Waals surface area contributed by atoms with E-state index >= 15 is 0 Å². The highest BCUT2D eigenvalue weighted by Gasteiger charge is 2.51. The van der Waals surface area contributed by atoms with Crippen molar-refractivity contribution in [2.45, 2.75) is 51.5 Å². The minimum Gasteiger partial charge on any atom is -0.350 e. The van der Waals surface area contributed by atoms with Crippen molar-refractivity contribution in [3.8, 4) is 0 Å². The van der Waals surface area contributed by atoms with Crippen molar-refractivity contribution in [1.82, 2.24) is 10.6 Å². The molecule has 26 heavy (non-hydrogen) atoms. The lowest BCUT2D eigenvalue weighted by Gasteiger charge is -2.56. The Morgan fingerprint density at radius 2 is 1.58 bits per heavy atom. The summed E-state index contributed by atoms with van der Waals surface area (Å²) in [5.74, 6) is 1.81. The Hall–Kier alpha value is -1.91. The van der Waals surface area contributed by atoms with Crippen LogP contribution in [-0.2, 0) is 16.1 Å². The van der Waals surface area contributed by atoms with Gasteiger partial charge in [-0.1, -0.05) is 18.2 Å². The van der Waals surface area contributed by atoms with Gasteiger partial charge in [-0.05, 0) is 67.8 Å². The molecule has 1 aromatic carbocycles. The fourth-order valence-electron chi connectivity index (χ4n) is 5.99. The summed E-state index contributed by atoms with van der Waals surface area (Å²) in [5.41, 5.74) is 0.628. The Balaban J connectivity index is 1.23. The van der Waals surface area contributed by atoms with Crippen molar-refractivity contribution in [1.29, 1.82) is 0 Å². The van der Waals surface area contributed by atoms with Crippen molar-refractivity contribution in [2.75, 3.05) is 6.54 Å². The molecule has 5 rings (SSSR count). The molecular formula is C21H27FN2O2. The van der Waals surface area contributed by atoms with Gasteiger partial charge in [-0.15, -0.1) is 0 Å². The lowest BCUT2D eigenvalue weighted by molar-refractivity contribution is -0.131. The molecule has 4 aliphatic rings. The predicted octanol–water partition coefficient (Wildman–Crippen LogP) is 3.16. The maximum Gasteiger partial charge on any atom is 0.239 e. The molecule has 1 aromatic rings. The fourth-order valence-corrected chi connectivity index (χ4v) is 5.99. The zero-order valence-corrected chi connectivity index (χ0v) is 15.1. The monoisotopic (exact) mass is 358 g/mol. The minimum atomic E-state index is -0.335.